The number of hydrogen-bond acceptors (Lipinski definition) is 4. The Bertz CT molecular complexity index is 469. The number of methoxy groups -OCH3 is 1. The zero-order valence-electron chi connectivity index (χ0n) is 13.2. The first kappa shape index (κ1) is 17.2. The van der Waals surface area contributed by atoms with Crippen LogP contribution in [-0.2, 0) is 14.3 Å². The fourth-order valence-electron chi connectivity index (χ4n) is 1.86. The van der Waals surface area contributed by atoms with Crippen molar-refractivity contribution < 1.29 is 14.3 Å². The van der Waals surface area contributed by atoms with E-state index in [4.69, 9.17) is 0 Å². The summed E-state index contributed by atoms with van der Waals surface area (Å²) in [6.07, 6.45) is 0.281. The molecule has 1 amide bonds. The number of rotatable bonds is 7. The lowest BCUT2D eigenvalue weighted by molar-refractivity contribution is -0.141. The predicted octanol–water partition coefficient (Wildman–Crippen LogP) is 2.24. The van der Waals surface area contributed by atoms with E-state index in [1.54, 1.807) is 11.9 Å². The Hall–Kier alpha value is -1.88. The van der Waals surface area contributed by atoms with Crippen molar-refractivity contribution in [2.45, 2.75) is 26.2 Å². The van der Waals surface area contributed by atoms with E-state index in [0.29, 0.717) is 12.5 Å². The number of nitrogens with zero attached hydrogens (tertiary/aromatic N) is 1. The third-order valence-corrected chi connectivity index (χ3v) is 3.20. The van der Waals surface area contributed by atoms with Crippen LogP contribution >= 0.6 is 0 Å². The van der Waals surface area contributed by atoms with Gasteiger partial charge in [0.05, 0.1) is 20.1 Å². The van der Waals surface area contributed by atoms with Crippen molar-refractivity contribution in [3.05, 3.63) is 29.8 Å². The number of carbonyl (C=O) groups excluding carboxylic acids is 2. The average molecular weight is 292 g/mol. The third-order valence-electron chi connectivity index (χ3n) is 3.20. The summed E-state index contributed by atoms with van der Waals surface area (Å²) in [4.78, 5) is 24.7. The minimum absolute atomic E-state index is 0.0975. The fourth-order valence-corrected chi connectivity index (χ4v) is 1.86. The molecule has 0 aliphatic heterocycles. The fraction of sp³-hybridized carbons (Fsp3) is 0.500. The molecule has 0 heterocycles. The molecule has 0 aliphatic rings. The highest BCUT2D eigenvalue weighted by Crippen LogP contribution is 2.17. The largest absolute Gasteiger partial charge is 0.469 e. The number of hydrogen-bond donors (Lipinski definition) is 1. The van der Waals surface area contributed by atoms with Crippen LogP contribution in [0, 0.1) is 0 Å². The second-order valence-corrected chi connectivity index (χ2v) is 5.39. The van der Waals surface area contributed by atoms with Crippen LogP contribution < -0.4 is 5.32 Å². The van der Waals surface area contributed by atoms with E-state index in [1.807, 2.05) is 24.3 Å². The van der Waals surface area contributed by atoms with Gasteiger partial charge in [-0.1, -0.05) is 26.0 Å². The quantitative estimate of drug-likeness (QED) is 0.783. The Morgan fingerprint density at radius 1 is 1.24 bits per heavy atom. The topological polar surface area (TPSA) is 58.6 Å². The van der Waals surface area contributed by atoms with Gasteiger partial charge in [-0.3, -0.25) is 14.5 Å². The number of carbonyl (C=O) groups is 2. The molecule has 0 saturated heterocycles. The van der Waals surface area contributed by atoms with Crippen molar-refractivity contribution in [2.24, 2.45) is 0 Å². The molecule has 5 heteroatoms. The zero-order valence-corrected chi connectivity index (χ0v) is 13.2. The van der Waals surface area contributed by atoms with E-state index in [-0.39, 0.29) is 24.8 Å². The SMILES string of the molecule is COC(=O)CCN(C)CC(=O)Nc1ccc(C(C)C)cc1. The molecular weight excluding hydrogens is 268 g/mol. The highest BCUT2D eigenvalue weighted by Gasteiger charge is 2.09. The van der Waals surface area contributed by atoms with Crippen molar-refractivity contribution in [2.75, 3.05) is 32.6 Å². The van der Waals surface area contributed by atoms with Crippen molar-refractivity contribution in [3.63, 3.8) is 0 Å². The molecule has 0 bridgehead atoms. The monoisotopic (exact) mass is 292 g/mol. The molecule has 1 N–H and O–H groups in total. The van der Waals surface area contributed by atoms with Gasteiger partial charge in [0.25, 0.3) is 0 Å². The second-order valence-electron chi connectivity index (χ2n) is 5.39. The predicted molar refractivity (Wildman–Crippen MR) is 83.3 cm³/mol. The van der Waals surface area contributed by atoms with Gasteiger partial charge in [0.2, 0.25) is 5.91 Å². The Morgan fingerprint density at radius 3 is 2.38 bits per heavy atom. The van der Waals surface area contributed by atoms with Crippen molar-refractivity contribution in [1.29, 1.82) is 0 Å². The summed E-state index contributed by atoms with van der Waals surface area (Å²) in [5.74, 6) is 0.102. The van der Waals surface area contributed by atoms with Crippen LogP contribution in [-0.4, -0.2) is 44.0 Å². The van der Waals surface area contributed by atoms with Crippen molar-refractivity contribution in [1.82, 2.24) is 4.90 Å². The molecule has 116 valence electrons. The lowest BCUT2D eigenvalue weighted by atomic mass is 10.0. The molecule has 0 radical (unpaired) electrons. The van der Waals surface area contributed by atoms with E-state index in [1.165, 1.54) is 12.7 Å². The molecule has 0 aliphatic carbocycles. The molecule has 0 saturated carbocycles. The van der Waals surface area contributed by atoms with Crippen LogP contribution in [0.2, 0.25) is 0 Å². The minimum atomic E-state index is -0.272. The number of ether oxygens (including phenoxy) is 1. The first-order valence-corrected chi connectivity index (χ1v) is 7.07. The Labute approximate surface area is 126 Å². The second kappa shape index (κ2) is 8.42. The highest BCUT2D eigenvalue weighted by molar-refractivity contribution is 5.92. The van der Waals surface area contributed by atoms with Crippen LogP contribution in [0.4, 0.5) is 5.69 Å². The molecule has 0 aromatic heterocycles. The summed E-state index contributed by atoms with van der Waals surface area (Å²) in [6.45, 7) is 4.99. The summed E-state index contributed by atoms with van der Waals surface area (Å²) < 4.78 is 4.57. The Balaban J connectivity index is 2.40. The van der Waals surface area contributed by atoms with Gasteiger partial charge in [0.1, 0.15) is 0 Å². The normalized spacial score (nSPS) is 10.8. The molecule has 21 heavy (non-hydrogen) atoms. The molecule has 0 spiro atoms. The van der Waals surface area contributed by atoms with Crippen LogP contribution in [0.25, 0.3) is 0 Å². The lowest BCUT2D eigenvalue weighted by Crippen LogP contribution is -2.31. The number of nitrogens with one attached hydrogen (secondary N) is 1. The van der Waals surface area contributed by atoms with Gasteiger partial charge >= 0.3 is 5.97 Å². The number of anilines is 1. The van der Waals surface area contributed by atoms with E-state index in [2.05, 4.69) is 23.9 Å². The number of benzene rings is 1. The van der Waals surface area contributed by atoms with Gasteiger partial charge in [-0.05, 0) is 30.7 Å². The third kappa shape index (κ3) is 6.40. The maximum atomic E-state index is 11.9. The standard InChI is InChI=1S/C16H24N2O3/c1-12(2)13-5-7-14(8-6-13)17-15(19)11-18(3)10-9-16(20)21-4/h5-8,12H,9-11H2,1-4H3,(H,17,19). The van der Waals surface area contributed by atoms with E-state index in [0.717, 1.165) is 5.69 Å². The van der Waals surface area contributed by atoms with Gasteiger partial charge in [0, 0.05) is 12.2 Å². The number of likely N-dealkylation sites (N-methyl/N-ethyl adjacent to an activating group) is 1. The summed E-state index contributed by atoms with van der Waals surface area (Å²) >= 11 is 0. The molecule has 1 rings (SSSR count). The summed E-state index contributed by atoms with van der Waals surface area (Å²) in [5.41, 5.74) is 2.02. The van der Waals surface area contributed by atoms with Crippen molar-refractivity contribution >= 4 is 17.6 Å². The molecule has 0 atom stereocenters. The Morgan fingerprint density at radius 2 is 1.86 bits per heavy atom. The van der Waals surface area contributed by atoms with E-state index < -0.39 is 0 Å². The molecule has 1 aromatic rings. The van der Waals surface area contributed by atoms with Gasteiger partial charge in [-0.15, -0.1) is 0 Å². The first-order chi connectivity index (χ1) is 9.92. The van der Waals surface area contributed by atoms with Crippen LogP contribution in [0.5, 0.6) is 0 Å². The summed E-state index contributed by atoms with van der Waals surface area (Å²) in [5, 5.41) is 2.84. The highest BCUT2D eigenvalue weighted by atomic mass is 16.5. The first-order valence-electron chi connectivity index (χ1n) is 7.07. The minimum Gasteiger partial charge on any atom is -0.469 e. The summed E-state index contributed by atoms with van der Waals surface area (Å²) in [6, 6.07) is 7.84. The average Bonchev–Trinajstić information content (AvgIpc) is 2.45. The molecule has 0 fully saturated rings. The smallest absolute Gasteiger partial charge is 0.306 e. The molecule has 0 unspecified atom stereocenters. The van der Waals surface area contributed by atoms with Crippen molar-refractivity contribution in [3.8, 4) is 0 Å². The summed E-state index contributed by atoms with van der Waals surface area (Å²) in [7, 11) is 3.15. The lowest BCUT2D eigenvalue weighted by Gasteiger charge is -2.15. The maximum absolute atomic E-state index is 11.9. The number of amides is 1. The molecular formula is C16H24N2O3. The van der Waals surface area contributed by atoms with Crippen LogP contribution in [0.15, 0.2) is 24.3 Å². The van der Waals surface area contributed by atoms with Crippen LogP contribution in [0.3, 0.4) is 0 Å². The zero-order chi connectivity index (χ0) is 15.8. The van der Waals surface area contributed by atoms with E-state index in [9.17, 15) is 9.59 Å². The van der Waals surface area contributed by atoms with E-state index >= 15 is 0 Å². The van der Waals surface area contributed by atoms with Gasteiger partial charge in [0.15, 0.2) is 0 Å². The Kier molecular flexibility index (Phi) is 6.88. The van der Waals surface area contributed by atoms with Gasteiger partial charge in [-0.25, -0.2) is 0 Å². The maximum Gasteiger partial charge on any atom is 0.306 e. The van der Waals surface area contributed by atoms with Gasteiger partial charge < -0.3 is 10.1 Å². The van der Waals surface area contributed by atoms with Crippen LogP contribution in [0.1, 0.15) is 31.7 Å². The number of esters is 1. The molecule has 5 nitrogen and oxygen atoms in total. The molecule has 1 aromatic carbocycles. The van der Waals surface area contributed by atoms with Gasteiger partial charge in [-0.2, -0.15) is 0 Å².